The minimum atomic E-state index is -0.0288. The van der Waals surface area contributed by atoms with Gasteiger partial charge in [-0.3, -0.25) is 4.79 Å². The minimum absolute atomic E-state index is 0.0288. The zero-order valence-electron chi connectivity index (χ0n) is 14.5. The van der Waals surface area contributed by atoms with Crippen molar-refractivity contribution in [3.05, 3.63) is 47.1 Å². The van der Waals surface area contributed by atoms with Crippen molar-refractivity contribution >= 4 is 34.4 Å². The predicted octanol–water partition coefficient (Wildman–Crippen LogP) is 2.37. The quantitative estimate of drug-likeness (QED) is 0.692. The summed E-state index contributed by atoms with van der Waals surface area (Å²) in [5.41, 5.74) is 2.73. The lowest BCUT2D eigenvalue weighted by atomic mass is 10.2. The number of carbonyl (C=O) groups is 1. The highest BCUT2D eigenvalue weighted by molar-refractivity contribution is 6.33. The third kappa shape index (κ3) is 2.99. The van der Waals surface area contributed by atoms with Gasteiger partial charge in [0.2, 0.25) is 0 Å². The van der Waals surface area contributed by atoms with Crippen molar-refractivity contribution in [3.63, 3.8) is 0 Å². The summed E-state index contributed by atoms with van der Waals surface area (Å²) in [5.74, 6) is -0.0288. The Kier molecular flexibility index (Phi) is 4.46. The fourth-order valence-electron chi connectivity index (χ4n) is 3.35. The summed E-state index contributed by atoms with van der Waals surface area (Å²) in [6, 6.07) is 9.54. The Bertz CT molecular complexity index is 956. The largest absolute Gasteiger partial charge is 0.368 e. The Morgan fingerprint density at radius 1 is 1.12 bits per heavy atom. The van der Waals surface area contributed by atoms with Gasteiger partial charge in [0.25, 0.3) is 5.91 Å². The van der Waals surface area contributed by atoms with Gasteiger partial charge in [-0.05, 0) is 24.6 Å². The predicted molar refractivity (Wildman–Crippen MR) is 100 cm³/mol. The SMILES string of the molecule is Cn1nnc2c(C(=O)N3CCCN(c4ccccc4Cl)CC3)ccnc21. The highest BCUT2D eigenvalue weighted by Gasteiger charge is 2.24. The molecule has 1 aliphatic rings. The summed E-state index contributed by atoms with van der Waals surface area (Å²) in [6.07, 6.45) is 2.51. The average molecular weight is 371 g/mol. The molecule has 26 heavy (non-hydrogen) atoms. The van der Waals surface area contributed by atoms with Crippen LogP contribution in [0, 0.1) is 0 Å². The first-order valence-electron chi connectivity index (χ1n) is 8.58. The number of para-hydroxylation sites is 1. The van der Waals surface area contributed by atoms with Gasteiger partial charge in [0, 0.05) is 39.4 Å². The molecule has 0 spiro atoms. The van der Waals surface area contributed by atoms with Gasteiger partial charge in [0.05, 0.1) is 16.3 Å². The fourth-order valence-corrected chi connectivity index (χ4v) is 3.60. The minimum Gasteiger partial charge on any atom is -0.368 e. The van der Waals surface area contributed by atoms with Crippen molar-refractivity contribution in [1.82, 2.24) is 24.9 Å². The summed E-state index contributed by atoms with van der Waals surface area (Å²) in [4.78, 5) is 21.4. The molecule has 7 nitrogen and oxygen atoms in total. The van der Waals surface area contributed by atoms with E-state index < -0.39 is 0 Å². The van der Waals surface area contributed by atoms with Gasteiger partial charge in [-0.2, -0.15) is 0 Å². The number of hydrogen-bond acceptors (Lipinski definition) is 5. The molecule has 0 atom stereocenters. The van der Waals surface area contributed by atoms with Gasteiger partial charge in [-0.1, -0.05) is 28.9 Å². The monoisotopic (exact) mass is 370 g/mol. The number of carbonyl (C=O) groups excluding carboxylic acids is 1. The Balaban J connectivity index is 1.55. The van der Waals surface area contributed by atoms with Crippen LogP contribution in [0.3, 0.4) is 0 Å². The van der Waals surface area contributed by atoms with Crippen LogP contribution >= 0.6 is 11.6 Å². The Hall–Kier alpha value is -2.67. The number of fused-ring (bicyclic) bond motifs is 1. The van der Waals surface area contributed by atoms with Crippen LogP contribution in [0.25, 0.3) is 11.2 Å². The van der Waals surface area contributed by atoms with Gasteiger partial charge in [-0.15, -0.1) is 5.10 Å². The number of benzene rings is 1. The summed E-state index contributed by atoms with van der Waals surface area (Å²) in [7, 11) is 1.77. The number of anilines is 1. The molecule has 1 fully saturated rings. The Labute approximate surface area is 156 Å². The van der Waals surface area contributed by atoms with Crippen molar-refractivity contribution in [2.45, 2.75) is 6.42 Å². The van der Waals surface area contributed by atoms with Crippen molar-refractivity contribution < 1.29 is 4.79 Å². The molecule has 0 N–H and O–H groups in total. The molecule has 3 aromatic rings. The molecular weight excluding hydrogens is 352 g/mol. The second kappa shape index (κ2) is 6.92. The van der Waals surface area contributed by atoms with E-state index >= 15 is 0 Å². The molecule has 1 aromatic carbocycles. The van der Waals surface area contributed by atoms with Gasteiger partial charge < -0.3 is 9.80 Å². The number of hydrogen-bond donors (Lipinski definition) is 0. The second-order valence-corrected chi connectivity index (χ2v) is 6.74. The van der Waals surface area contributed by atoms with Crippen LogP contribution in [0.2, 0.25) is 5.02 Å². The topological polar surface area (TPSA) is 67.2 Å². The number of aromatic nitrogens is 4. The molecule has 0 aliphatic carbocycles. The highest BCUT2D eigenvalue weighted by Crippen LogP contribution is 2.26. The van der Waals surface area contributed by atoms with Crippen LogP contribution in [0.1, 0.15) is 16.8 Å². The van der Waals surface area contributed by atoms with E-state index in [-0.39, 0.29) is 5.91 Å². The molecular formula is C18H19ClN6O. The standard InChI is InChI=1S/C18H19ClN6O/c1-23-17-16(21-22-23)13(7-8-20-17)18(26)25-10-4-9-24(11-12-25)15-6-3-2-5-14(15)19/h2-3,5-8H,4,9-12H2,1H3. The third-order valence-electron chi connectivity index (χ3n) is 4.70. The maximum absolute atomic E-state index is 13.1. The Morgan fingerprint density at radius 2 is 1.96 bits per heavy atom. The maximum atomic E-state index is 13.1. The molecule has 4 rings (SSSR count). The smallest absolute Gasteiger partial charge is 0.256 e. The maximum Gasteiger partial charge on any atom is 0.256 e. The molecule has 0 unspecified atom stereocenters. The molecule has 1 amide bonds. The number of pyridine rings is 1. The number of amides is 1. The van der Waals surface area contributed by atoms with Gasteiger partial charge in [0.1, 0.15) is 5.52 Å². The molecule has 8 heteroatoms. The molecule has 2 aromatic heterocycles. The zero-order chi connectivity index (χ0) is 18.1. The molecule has 0 saturated carbocycles. The lowest BCUT2D eigenvalue weighted by Gasteiger charge is -2.24. The highest BCUT2D eigenvalue weighted by atomic mass is 35.5. The lowest BCUT2D eigenvalue weighted by Crippen LogP contribution is -2.35. The number of nitrogens with zero attached hydrogens (tertiary/aromatic N) is 6. The van der Waals surface area contributed by atoms with E-state index in [4.69, 9.17) is 11.6 Å². The van der Waals surface area contributed by atoms with E-state index in [2.05, 4.69) is 20.2 Å². The van der Waals surface area contributed by atoms with E-state index in [1.54, 1.807) is 24.0 Å². The first-order valence-corrected chi connectivity index (χ1v) is 8.96. The van der Waals surface area contributed by atoms with E-state index in [9.17, 15) is 4.79 Å². The zero-order valence-corrected chi connectivity index (χ0v) is 15.2. The van der Waals surface area contributed by atoms with Crippen molar-refractivity contribution in [3.8, 4) is 0 Å². The lowest BCUT2D eigenvalue weighted by molar-refractivity contribution is 0.0768. The summed E-state index contributed by atoms with van der Waals surface area (Å²) in [6.45, 7) is 2.94. The molecule has 1 saturated heterocycles. The van der Waals surface area contributed by atoms with Crippen molar-refractivity contribution in [2.75, 3.05) is 31.1 Å². The van der Waals surface area contributed by atoms with Crippen molar-refractivity contribution in [2.24, 2.45) is 7.05 Å². The van der Waals surface area contributed by atoms with Crippen LogP contribution in [0.4, 0.5) is 5.69 Å². The van der Waals surface area contributed by atoms with Crippen LogP contribution in [0.5, 0.6) is 0 Å². The first kappa shape index (κ1) is 16.8. The van der Waals surface area contributed by atoms with Crippen molar-refractivity contribution in [1.29, 1.82) is 0 Å². The normalized spacial score (nSPS) is 15.3. The molecule has 0 bridgehead atoms. The first-order chi connectivity index (χ1) is 12.6. The van der Waals surface area contributed by atoms with Gasteiger partial charge >= 0.3 is 0 Å². The molecule has 134 valence electrons. The molecule has 1 aliphatic heterocycles. The fraction of sp³-hybridized carbons (Fsp3) is 0.333. The van der Waals surface area contributed by atoms with Gasteiger partial charge in [-0.25, -0.2) is 9.67 Å². The van der Waals surface area contributed by atoms with Gasteiger partial charge in [0.15, 0.2) is 5.65 Å². The second-order valence-electron chi connectivity index (χ2n) is 6.33. The van der Waals surface area contributed by atoms with Crippen LogP contribution < -0.4 is 4.90 Å². The summed E-state index contributed by atoms with van der Waals surface area (Å²) < 4.78 is 1.58. The van der Waals surface area contributed by atoms with Crippen LogP contribution in [-0.2, 0) is 7.05 Å². The van der Waals surface area contributed by atoms with E-state index in [1.807, 2.05) is 29.2 Å². The van der Waals surface area contributed by atoms with Crippen LogP contribution in [0.15, 0.2) is 36.5 Å². The summed E-state index contributed by atoms with van der Waals surface area (Å²) >= 11 is 6.33. The number of halogens is 1. The molecule has 3 heterocycles. The molecule has 0 radical (unpaired) electrons. The number of aryl methyl sites for hydroxylation is 1. The number of rotatable bonds is 2. The summed E-state index contributed by atoms with van der Waals surface area (Å²) in [5, 5.41) is 8.82. The Morgan fingerprint density at radius 3 is 2.81 bits per heavy atom. The van der Waals surface area contributed by atoms with Crippen LogP contribution in [-0.4, -0.2) is 57.0 Å². The van der Waals surface area contributed by atoms with E-state index in [0.717, 1.165) is 30.2 Å². The van der Waals surface area contributed by atoms with E-state index in [1.165, 1.54) is 0 Å². The average Bonchev–Trinajstić information content (AvgIpc) is 2.89. The van der Waals surface area contributed by atoms with E-state index in [0.29, 0.717) is 29.8 Å². The third-order valence-corrected chi connectivity index (χ3v) is 5.02.